The number of hydrogen-bond acceptors (Lipinski definition) is 6. The molecule has 0 atom stereocenters. The van der Waals surface area contributed by atoms with E-state index < -0.39 is 0 Å². The first-order valence-electron chi connectivity index (χ1n) is 6.79. The Labute approximate surface area is 122 Å². The minimum atomic E-state index is 0.606. The number of rotatable bonds is 5. The van der Waals surface area contributed by atoms with Gasteiger partial charge in [0.25, 0.3) is 0 Å². The van der Waals surface area contributed by atoms with Crippen molar-refractivity contribution in [3.05, 3.63) is 36.4 Å². The van der Waals surface area contributed by atoms with E-state index in [9.17, 15) is 0 Å². The van der Waals surface area contributed by atoms with Crippen molar-refractivity contribution in [2.24, 2.45) is 7.05 Å². The lowest BCUT2D eigenvalue weighted by atomic mass is 10.2. The van der Waals surface area contributed by atoms with Crippen LogP contribution >= 0.6 is 0 Å². The maximum absolute atomic E-state index is 4.48. The number of aromatic nitrogens is 5. The molecule has 0 bridgehead atoms. The normalized spacial score (nSPS) is 10.8. The molecule has 0 unspecified atom stereocenters. The number of para-hydroxylation sites is 1. The summed E-state index contributed by atoms with van der Waals surface area (Å²) in [6.45, 7) is 0.733. The van der Waals surface area contributed by atoms with Gasteiger partial charge in [-0.05, 0) is 12.1 Å². The van der Waals surface area contributed by atoms with E-state index in [0.29, 0.717) is 5.95 Å². The third kappa shape index (κ3) is 2.76. The third-order valence-electron chi connectivity index (χ3n) is 3.27. The van der Waals surface area contributed by atoms with Crippen LogP contribution < -0.4 is 10.6 Å². The third-order valence-corrected chi connectivity index (χ3v) is 3.27. The fourth-order valence-electron chi connectivity index (χ4n) is 2.15. The van der Waals surface area contributed by atoms with Crippen molar-refractivity contribution in [2.75, 3.05) is 24.2 Å². The molecule has 0 fully saturated rings. The predicted molar refractivity (Wildman–Crippen MR) is 82.3 cm³/mol. The molecule has 1 aromatic carbocycles. The van der Waals surface area contributed by atoms with Crippen LogP contribution in [0.15, 0.2) is 30.6 Å². The van der Waals surface area contributed by atoms with Crippen LogP contribution in [0.25, 0.3) is 10.9 Å². The van der Waals surface area contributed by atoms with Gasteiger partial charge in [-0.1, -0.05) is 12.1 Å². The molecule has 2 heterocycles. The average Bonchev–Trinajstić information content (AvgIpc) is 2.92. The first kappa shape index (κ1) is 13.3. The quantitative estimate of drug-likeness (QED) is 0.738. The van der Waals surface area contributed by atoms with Crippen molar-refractivity contribution in [3.8, 4) is 0 Å². The summed E-state index contributed by atoms with van der Waals surface area (Å²) in [7, 11) is 3.75. The number of anilines is 2. The second kappa shape index (κ2) is 5.74. The molecule has 2 N–H and O–H groups in total. The minimum Gasteiger partial charge on any atom is -0.369 e. The maximum atomic E-state index is 4.48. The van der Waals surface area contributed by atoms with E-state index in [4.69, 9.17) is 0 Å². The number of fused-ring (bicyclic) bond motifs is 1. The predicted octanol–water partition coefficient (Wildman–Crippen LogP) is 1.45. The Morgan fingerprint density at radius 2 is 2.05 bits per heavy atom. The van der Waals surface area contributed by atoms with Gasteiger partial charge in [0.1, 0.15) is 18.0 Å². The second-order valence-electron chi connectivity index (χ2n) is 4.70. The molecule has 108 valence electrons. The molecule has 0 radical (unpaired) electrons. The highest BCUT2D eigenvalue weighted by Gasteiger charge is 2.07. The summed E-state index contributed by atoms with van der Waals surface area (Å²) in [6.07, 6.45) is 2.48. The van der Waals surface area contributed by atoms with Crippen LogP contribution in [0.3, 0.4) is 0 Å². The van der Waals surface area contributed by atoms with Gasteiger partial charge in [0.2, 0.25) is 5.95 Å². The van der Waals surface area contributed by atoms with E-state index in [1.54, 1.807) is 6.33 Å². The van der Waals surface area contributed by atoms with Crippen LogP contribution in [-0.4, -0.2) is 38.3 Å². The molecule has 0 aliphatic rings. The summed E-state index contributed by atoms with van der Waals surface area (Å²) in [4.78, 5) is 8.92. The second-order valence-corrected chi connectivity index (χ2v) is 4.70. The van der Waals surface area contributed by atoms with Gasteiger partial charge in [-0.2, -0.15) is 4.98 Å². The number of nitrogens with one attached hydrogen (secondary N) is 2. The Morgan fingerprint density at radius 3 is 2.81 bits per heavy atom. The fraction of sp³-hybridized carbons (Fsp3) is 0.286. The van der Waals surface area contributed by atoms with Crippen LogP contribution in [0, 0.1) is 0 Å². The molecule has 7 heteroatoms. The largest absolute Gasteiger partial charge is 0.369 e. The standard InChI is InChI=1S/C14H17N7/c1-15-14-18-11-6-4-3-5-10(11)13(19-14)16-8-7-12-20-17-9-21(12)2/h3-6,9H,7-8H2,1-2H3,(H2,15,16,18,19). The fourth-order valence-corrected chi connectivity index (χ4v) is 2.15. The zero-order chi connectivity index (χ0) is 14.7. The van der Waals surface area contributed by atoms with Gasteiger partial charge >= 0.3 is 0 Å². The van der Waals surface area contributed by atoms with Crippen LogP contribution in [0.4, 0.5) is 11.8 Å². The van der Waals surface area contributed by atoms with Crippen molar-refractivity contribution in [2.45, 2.75) is 6.42 Å². The average molecular weight is 283 g/mol. The van der Waals surface area contributed by atoms with Gasteiger partial charge in [0.15, 0.2) is 0 Å². The number of benzene rings is 1. The first-order chi connectivity index (χ1) is 10.3. The molecule has 7 nitrogen and oxygen atoms in total. The number of hydrogen-bond donors (Lipinski definition) is 2. The Morgan fingerprint density at radius 1 is 1.19 bits per heavy atom. The van der Waals surface area contributed by atoms with Crippen molar-refractivity contribution < 1.29 is 0 Å². The zero-order valence-corrected chi connectivity index (χ0v) is 12.0. The van der Waals surface area contributed by atoms with E-state index in [0.717, 1.165) is 35.5 Å². The highest BCUT2D eigenvalue weighted by atomic mass is 15.2. The Kier molecular flexibility index (Phi) is 3.63. The Balaban J connectivity index is 1.81. The SMILES string of the molecule is CNc1nc(NCCc2nncn2C)c2ccccc2n1. The lowest BCUT2D eigenvalue weighted by Crippen LogP contribution is -2.11. The molecule has 0 saturated heterocycles. The summed E-state index contributed by atoms with van der Waals surface area (Å²) >= 11 is 0. The van der Waals surface area contributed by atoms with E-state index in [1.165, 1.54) is 0 Å². The first-order valence-corrected chi connectivity index (χ1v) is 6.79. The topological polar surface area (TPSA) is 80.5 Å². The van der Waals surface area contributed by atoms with Crippen molar-refractivity contribution in [1.82, 2.24) is 24.7 Å². The summed E-state index contributed by atoms with van der Waals surface area (Å²) < 4.78 is 1.92. The van der Waals surface area contributed by atoms with E-state index in [1.807, 2.05) is 42.9 Å². The van der Waals surface area contributed by atoms with Crippen LogP contribution in [-0.2, 0) is 13.5 Å². The Bertz CT molecular complexity index is 750. The Hall–Kier alpha value is -2.70. The summed E-state index contributed by atoms with van der Waals surface area (Å²) in [6, 6.07) is 7.95. The van der Waals surface area contributed by atoms with Gasteiger partial charge < -0.3 is 15.2 Å². The van der Waals surface area contributed by atoms with E-state index >= 15 is 0 Å². The molecule has 0 aliphatic heterocycles. The zero-order valence-electron chi connectivity index (χ0n) is 12.0. The van der Waals surface area contributed by atoms with Gasteiger partial charge in [-0.15, -0.1) is 10.2 Å². The molecule has 0 amide bonds. The molecular weight excluding hydrogens is 266 g/mol. The van der Waals surface area contributed by atoms with Crippen LogP contribution in [0.2, 0.25) is 0 Å². The van der Waals surface area contributed by atoms with Gasteiger partial charge in [0, 0.05) is 32.4 Å². The smallest absolute Gasteiger partial charge is 0.224 e. The highest BCUT2D eigenvalue weighted by molar-refractivity contribution is 5.89. The van der Waals surface area contributed by atoms with Crippen molar-refractivity contribution in [3.63, 3.8) is 0 Å². The molecule has 3 rings (SSSR count). The van der Waals surface area contributed by atoms with E-state index in [-0.39, 0.29) is 0 Å². The molecule has 2 aromatic heterocycles. The lowest BCUT2D eigenvalue weighted by Gasteiger charge is -2.10. The van der Waals surface area contributed by atoms with Gasteiger partial charge in [-0.25, -0.2) is 4.98 Å². The van der Waals surface area contributed by atoms with Crippen molar-refractivity contribution in [1.29, 1.82) is 0 Å². The summed E-state index contributed by atoms with van der Waals surface area (Å²) in [5, 5.41) is 15.3. The highest BCUT2D eigenvalue weighted by Crippen LogP contribution is 2.21. The molecule has 21 heavy (non-hydrogen) atoms. The van der Waals surface area contributed by atoms with Crippen LogP contribution in [0.1, 0.15) is 5.82 Å². The maximum Gasteiger partial charge on any atom is 0.224 e. The lowest BCUT2D eigenvalue weighted by molar-refractivity contribution is 0.787. The molecule has 0 saturated carbocycles. The van der Waals surface area contributed by atoms with Crippen LogP contribution in [0.5, 0.6) is 0 Å². The monoisotopic (exact) mass is 283 g/mol. The summed E-state index contributed by atoms with van der Waals surface area (Å²) in [5.41, 5.74) is 0.915. The molecule has 0 aliphatic carbocycles. The van der Waals surface area contributed by atoms with Gasteiger partial charge in [0.05, 0.1) is 5.52 Å². The number of aryl methyl sites for hydroxylation is 1. The number of nitrogens with zero attached hydrogens (tertiary/aromatic N) is 5. The van der Waals surface area contributed by atoms with E-state index in [2.05, 4.69) is 30.8 Å². The molecule has 0 spiro atoms. The molecule has 3 aromatic rings. The van der Waals surface area contributed by atoms with Crippen molar-refractivity contribution >= 4 is 22.7 Å². The summed E-state index contributed by atoms with van der Waals surface area (Å²) in [5.74, 6) is 2.37. The minimum absolute atomic E-state index is 0.606. The molecular formula is C14H17N7. The van der Waals surface area contributed by atoms with Gasteiger partial charge in [-0.3, -0.25) is 0 Å².